The number of nitrogen functional groups attached to an aromatic ring is 1. The van der Waals surface area contributed by atoms with E-state index in [4.69, 9.17) is 10.5 Å². The highest BCUT2D eigenvalue weighted by Crippen LogP contribution is 2.29. The van der Waals surface area contributed by atoms with Gasteiger partial charge in [0.15, 0.2) is 0 Å². The summed E-state index contributed by atoms with van der Waals surface area (Å²) in [7, 11) is 0. The number of hydrogen-bond acceptors (Lipinski definition) is 9. The van der Waals surface area contributed by atoms with Crippen LogP contribution in [-0.4, -0.2) is 67.3 Å². The summed E-state index contributed by atoms with van der Waals surface area (Å²) in [5, 5.41) is 13.5. The molecule has 4 rings (SSSR count). The number of rotatable bonds is 6. The van der Waals surface area contributed by atoms with Crippen molar-refractivity contribution in [3.8, 4) is 0 Å². The summed E-state index contributed by atoms with van der Waals surface area (Å²) in [5.74, 6) is -0.314. The number of carbonyl (C=O) groups excluding carboxylic acids is 2. The number of aromatic nitrogens is 1. The van der Waals surface area contributed by atoms with Crippen molar-refractivity contribution in [1.82, 2.24) is 10.3 Å². The fraction of sp³-hybridized carbons (Fsp3) is 0.381. The minimum Gasteiger partial charge on any atom is -0.442 e. The van der Waals surface area contributed by atoms with E-state index in [2.05, 4.69) is 10.3 Å². The zero-order chi connectivity index (χ0) is 24.4. The van der Waals surface area contributed by atoms with Crippen LogP contribution in [0.4, 0.5) is 37.9 Å². The van der Waals surface area contributed by atoms with Crippen molar-refractivity contribution >= 4 is 40.7 Å². The van der Waals surface area contributed by atoms with Crippen LogP contribution in [0, 0.1) is 15.9 Å². The highest BCUT2D eigenvalue weighted by molar-refractivity contribution is 5.90. The van der Waals surface area contributed by atoms with Gasteiger partial charge in [-0.05, 0) is 24.3 Å². The lowest BCUT2D eigenvalue weighted by Gasteiger charge is -2.37. The maximum absolute atomic E-state index is 15.0. The molecule has 3 heterocycles. The Morgan fingerprint density at radius 3 is 2.59 bits per heavy atom. The second kappa shape index (κ2) is 9.37. The second-order valence-corrected chi connectivity index (χ2v) is 7.99. The van der Waals surface area contributed by atoms with Gasteiger partial charge in [-0.25, -0.2) is 14.2 Å². The third-order valence-electron chi connectivity index (χ3n) is 5.72. The summed E-state index contributed by atoms with van der Waals surface area (Å²) in [6.45, 7) is 3.82. The first kappa shape index (κ1) is 23.0. The van der Waals surface area contributed by atoms with Crippen molar-refractivity contribution in [3.05, 3.63) is 46.3 Å². The van der Waals surface area contributed by atoms with E-state index in [1.807, 2.05) is 9.80 Å². The summed E-state index contributed by atoms with van der Waals surface area (Å²) in [6, 6.07) is 7.45. The zero-order valence-corrected chi connectivity index (χ0v) is 18.4. The third-order valence-corrected chi connectivity index (χ3v) is 5.72. The molecule has 1 aromatic carbocycles. The molecule has 2 aromatic rings. The number of nitrogens with zero attached hydrogens (tertiary/aromatic N) is 5. The van der Waals surface area contributed by atoms with Crippen LogP contribution in [0.1, 0.15) is 6.92 Å². The van der Waals surface area contributed by atoms with Crippen molar-refractivity contribution < 1.29 is 23.6 Å². The minimum atomic E-state index is -0.592. The largest absolute Gasteiger partial charge is 0.442 e. The minimum absolute atomic E-state index is 0.147. The van der Waals surface area contributed by atoms with Gasteiger partial charge in [0.25, 0.3) is 0 Å². The van der Waals surface area contributed by atoms with Crippen LogP contribution in [0.25, 0.3) is 0 Å². The number of piperazine rings is 1. The number of nitro groups is 1. The van der Waals surface area contributed by atoms with Crippen LogP contribution < -0.4 is 25.8 Å². The molecule has 180 valence electrons. The Kier molecular flexibility index (Phi) is 6.34. The predicted molar refractivity (Wildman–Crippen MR) is 122 cm³/mol. The molecular weight excluding hydrogens is 449 g/mol. The van der Waals surface area contributed by atoms with Crippen LogP contribution in [0.3, 0.4) is 0 Å². The van der Waals surface area contributed by atoms with Crippen molar-refractivity contribution in [2.75, 3.05) is 59.7 Å². The number of anilines is 4. The van der Waals surface area contributed by atoms with Crippen LogP contribution in [0.5, 0.6) is 0 Å². The van der Waals surface area contributed by atoms with Gasteiger partial charge in [-0.3, -0.25) is 19.8 Å². The molecule has 34 heavy (non-hydrogen) atoms. The fourth-order valence-corrected chi connectivity index (χ4v) is 3.98. The molecule has 0 unspecified atom stereocenters. The fourth-order valence-electron chi connectivity index (χ4n) is 3.98. The molecule has 2 saturated heterocycles. The quantitative estimate of drug-likeness (QED) is 0.470. The number of nitrogens with one attached hydrogen (secondary N) is 1. The van der Waals surface area contributed by atoms with Gasteiger partial charge >= 0.3 is 11.8 Å². The van der Waals surface area contributed by atoms with Gasteiger partial charge in [-0.1, -0.05) is 0 Å². The van der Waals surface area contributed by atoms with Gasteiger partial charge in [-0.15, -0.1) is 0 Å². The standard InChI is InChI=1S/C21H24FN7O5/c1-13(30)24-11-15-12-28(21(31)34-15)14-2-3-17(16(22)10-14)26-6-8-27(9-7-26)19-5-4-18(29(32)33)20(23)25-19/h2-5,10,15H,6-9,11-12H2,1H3,(H2,23,25)(H,24,30)/t15-/m0/s1. The average Bonchev–Trinajstić information content (AvgIpc) is 3.18. The Hall–Kier alpha value is -4.16. The molecular formula is C21H24FN7O5. The molecule has 1 aromatic heterocycles. The number of benzene rings is 1. The summed E-state index contributed by atoms with van der Waals surface area (Å²) in [6.07, 6.45) is -1.10. The van der Waals surface area contributed by atoms with Gasteiger partial charge in [-0.2, -0.15) is 0 Å². The van der Waals surface area contributed by atoms with Crippen molar-refractivity contribution in [2.24, 2.45) is 0 Å². The first-order valence-corrected chi connectivity index (χ1v) is 10.7. The lowest BCUT2D eigenvalue weighted by Crippen LogP contribution is -2.47. The number of hydrogen-bond donors (Lipinski definition) is 2. The molecule has 0 aliphatic carbocycles. The molecule has 0 saturated carbocycles. The highest BCUT2D eigenvalue weighted by atomic mass is 19.1. The number of cyclic esters (lactones) is 1. The van der Waals surface area contributed by atoms with Crippen molar-refractivity contribution in [3.63, 3.8) is 0 Å². The van der Waals surface area contributed by atoms with Gasteiger partial charge in [0.05, 0.1) is 29.4 Å². The van der Waals surface area contributed by atoms with E-state index in [1.54, 1.807) is 18.2 Å². The lowest BCUT2D eigenvalue weighted by molar-refractivity contribution is -0.384. The Morgan fingerprint density at radius 2 is 1.97 bits per heavy atom. The van der Waals surface area contributed by atoms with E-state index in [0.717, 1.165) is 0 Å². The van der Waals surface area contributed by atoms with E-state index in [1.165, 1.54) is 24.0 Å². The number of ether oxygens (including phenoxy) is 1. The van der Waals surface area contributed by atoms with E-state index < -0.39 is 22.9 Å². The molecule has 0 bridgehead atoms. The highest BCUT2D eigenvalue weighted by Gasteiger charge is 2.33. The molecule has 13 heteroatoms. The zero-order valence-electron chi connectivity index (χ0n) is 18.4. The van der Waals surface area contributed by atoms with Crippen LogP contribution in [0.2, 0.25) is 0 Å². The summed E-state index contributed by atoms with van der Waals surface area (Å²) in [5.41, 5.74) is 6.22. The third kappa shape index (κ3) is 4.77. The number of halogens is 1. The normalized spacial score (nSPS) is 18.1. The van der Waals surface area contributed by atoms with Crippen LogP contribution >= 0.6 is 0 Å². The van der Waals surface area contributed by atoms with E-state index in [-0.39, 0.29) is 30.5 Å². The van der Waals surface area contributed by atoms with E-state index in [0.29, 0.717) is 43.4 Å². The molecule has 0 radical (unpaired) electrons. The van der Waals surface area contributed by atoms with Crippen molar-refractivity contribution in [1.29, 1.82) is 0 Å². The predicted octanol–water partition coefficient (Wildman–Crippen LogP) is 1.50. The molecule has 1 atom stereocenters. The van der Waals surface area contributed by atoms with E-state index in [9.17, 15) is 24.1 Å². The molecule has 3 N–H and O–H groups in total. The number of nitrogens with two attached hydrogens (primary N) is 1. The Labute approximate surface area is 194 Å². The molecule has 0 spiro atoms. The van der Waals surface area contributed by atoms with Gasteiger partial charge in [0.2, 0.25) is 11.7 Å². The van der Waals surface area contributed by atoms with Gasteiger partial charge < -0.3 is 25.6 Å². The molecule has 2 amide bonds. The topological polar surface area (TPSA) is 147 Å². The van der Waals surface area contributed by atoms with Crippen LogP contribution in [0.15, 0.2) is 30.3 Å². The maximum atomic E-state index is 15.0. The molecule has 2 aliphatic rings. The maximum Gasteiger partial charge on any atom is 0.414 e. The monoisotopic (exact) mass is 473 g/mol. The Morgan fingerprint density at radius 1 is 1.26 bits per heavy atom. The SMILES string of the molecule is CC(=O)NC[C@H]1CN(c2ccc(N3CCN(c4ccc([N+](=O)[O-])c(N)n4)CC3)c(F)c2)C(=O)O1. The van der Waals surface area contributed by atoms with Crippen molar-refractivity contribution in [2.45, 2.75) is 13.0 Å². The second-order valence-electron chi connectivity index (χ2n) is 7.99. The smallest absolute Gasteiger partial charge is 0.414 e. The molecule has 2 fully saturated rings. The lowest BCUT2D eigenvalue weighted by atomic mass is 10.2. The van der Waals surface area contributed by atoms with Gasteiger partial charge in [0, 0.05) is 39.2 Å². The summed E-state index contributed by atoms with van der Waals surface area (Å²) < 4.78 is 20.2. The summed E-state index contributed by atoms with van der Waals surface area (Å²) in [4.78, 5) is 42.9. The van der Waals surface area contributed by atoms with E-state index >= 15 is 0 Å². The molecule has 12 nitrogen and oxygen atoms in total. The average molecular weight is 473 g/mol. The first-order chi connectivity index (χ1) is 16.2. The number of carbonyl (C=O) groups is 2. The molecule has 2 aliphatic heterocycles. The Balaban J connectivity index is 1.39. The Bertz CT molecular complexity index is 1120. The van der Waals surface area contributed by atoms with Gasteiger partial charge in [0.1, 0.15) is 17.7 Å². The number of pyridine rings is 1. The number of amides is 2. The van der Waals surface area contributed by atoms with Crippen LogP contribution in [-0.2, 0) is 9.53 Å². The summed E-state index contributed by atoms with van der Waals surface area (Å²) >= 11 is 0. The first-order valence-electron chi connectivity index (χ1n) is 10.7.